The van der Waals surface area contributed by atoms with Crippen LogP contribution in [0.15, 0.2) is 24.8 Å². The minimum absolute atomic E-state index is 0.254. The first-order valence-corrected chi connectivity index (χ1v) is 8.57. The molecule has 5 nitrogen and oxygen atoms in total. The van der Waals surface area contributed by atoms with Crippen molar-refractivity contribution in [1.29, 1.82) is 0 Å². The first-order valence-electron chi connectivity index (χ1n) is 8.57. The van der Waals surface area contributed by atoms with Crippen molar-refractivity contribution < 1.29 is 4.39 Å². The number of pyridine rings is 1. The van der Waals surface area contributed by atoms with Crippen LogP contribution in [0.25, 0.3) is 0 Å². The molecule has 2 bridgehead atoms. The monoisotopic (exact) mass is 327 g/mol. The Morgan fingerprint density at radius 2 is 2.04 bits per heavy atom. The maximum Gasteiger partial charge on any atom is 0.187 e. The zero-order valence-corrected chi connectivity index (χ0v) is 14.1. The van der Waals surface area contributed by atoms with E-state index >= 15 is 0 Å². The molecule has 24 heavy (non-hydrogen) atoms. The molecule has 0 N–H and O–H groups in total. The SMILES string of the molecule is CCc1ncnc(N2CC3CC(C2)N3Cc2cnccc2C)c1F. The Morgan fingerprint density at radius 1 is 1.25 bits per heavy atom. The van der Waals surface area contributed by atoms with E-state index in [9.17, 15) is 4.39 Å². The van der Waals surface area contributed by atoms with Gasteiger partial charge in [-0.3, -0.25) is 9.88 Å². The van der Waals surface area contributed by atoms with Crippen molar-refractivity contribution in [1.82, 2.24) is 19.9 Å². The fourth-order valence-electron chi connectivity index (χ4n) is 3.84. The summed E-state index contributed by atoms with van der Waals surface area (Å²) in [5.74, 6) is 0.213. The highest BCUT2D eigenvalue weighted by molar-refractivity contribution is 5.43. The van der Waals surface area contributed by atoms with Gasteiger partial charge in [0.2, 0.25) is 0 Å². The molecule has 0 saturated carbocycles. The van der Waals surface area contributed by atoms with Crippen molar-refractivity contribution in [3.63, 3.8) is 0 Å². The van der Waals surface area contributed by atoms with E-state index in [1.54, 1.807) is 0 Å². The van der Waals surface area contributed by atoms with Gasteiger partial charge in [0.15, 0.2) is 11.6 Å². The molecule has 0 aromatic carbocycles. The number of piperazine rings is 1. The molecule has 5 rings (SSSR count). The van der Waals surface area contributed by atoms with Crippen molar-refractivity contribution in [3.05, 3.63) is 47.4 Å². The summed E-state index contributed by atoms with van der Waals surface area (Å²) in [6.07, 6.45) is 7.05. The van der Waals surface area contributed by atoms with Crippen LogP contribution in [0.5, 0.6) is 0 Å². The second-order valence-electron chi connectivity index (χ2n) is 6.73. The zero-order chi connectivity index (χ0) is 16.7. The number of hydrogen-bond donors (Lipinski definition) is 0. The van der Waals surface area contributed by atoms with Crippen LogP contribution in [-0.4, -0.2) is 45.0 Å². The Kier molecular flexibility index (Phi) is 3.92. The molecule has 2 unspecified atom stereocenters. The summed E-state index contributed by atoms with van der Waals surface area (Å²) < 4.78 is 14.5. The summed E-state index contributed by atoms with van der Waals surface area (Å²) in [5, 5.41) is 0. The standard InChI is InChI=1S/C18H22FN5/c1-3-16-17(19)18(22-11-21-16)23-9-14-6-15(10-23)24(14)8-13-7-20-5-4-12(13)2/h4-5,7,11,14-15H,3,6,8-10H2,1-2H3. The molecule has 5 heterocycles. The molecule has 0 spiro atoms. The average molecular weight is 327 g/mol. The second-order valence-corrected chi connectivity index (χ2v) is 6.73. The van der Waals surface area contributed by atoms with Crippen LogP contribution in [0.1, 0.15) is 30.2 Å². The number of piperidine rings is 1. The molecule has 3 saturated heterocycles. The third kappa shape index (κ3) is 2.55. The van der Waals surface area contributed by atoms with E-state index in [1.165, 1.54) is 23.9 Å². The van der Waals surface area contributed by atoms with E-state index in [2.05, 4.69) is 37.7 Å². The summed E-state index contributed by atoms with van der Waals surface area (Å²) in [5.41, 5.74) is 3.06. The van der Waals surface area contributed by atoms with Crippen molar-refractivity contribution in [2.75, 3.05) is 18.0 Å². The molecular formula is C18H22FN5. The van der Waals surface area contributed by atoms with Gasteiger partial charge in [-0.05, 0) is 37.0 Å². The van der Waals surface area contributed by atoms with Crippen LogP contribution < -0.4 is 4.90 Å². The zero-order valence-electron chi connectivity index (χ0n) is 14.1. The maximum atomic E-state index is 14.5. The lowest BCUT2D eigenvalue weighted by Crippen LogP contribution is -2.68. The van der Waals surface area contributed by atoms with Crippen molar-refractivity contribution >= 4 is 5.82 Å². The van der Waals surface area contributed by atoms with Crippen molar-refractivity contribution in [3.8, 4) is 0 Å². The smallest absolute Gasteiger partial charge is 0.187 e. The minimum atomic E-state index is -0.254. The number of anilines is 1. The van der Waals surface area contributed by atoms with Crippen LogP contribution >= 0.6 is 0 Å². The quantitative estimate of drug-likeness (QED) is 0.862. The van der Waals surface area contributed by atoms with Crippen molar-refractivity contribution in [2.45, 2.75) is 45.3 Å². The molecule has 3 aliphatic rings. The number of hydrogen-bond acceptors (Lipinski definition) is 5. The summed E-state index contributed by atoms with van der Waals surface area (Å²) in [6.45, 7) is 6.62. The van der Waals surface area contributed by atoms with Gasteiger partial charge < -0.3 is 4.90 Å². The molecule has 0 amide bonds. The minimum Gasteiger partial charge on any atom is -0.351 e. The van der Waals surface area contributed by atoms with Crippen LogP contribution in [0.3, 0.4) is 0 Å². The van der Waals surface area contributed by atoms with E-state index in [4.69, 9.17) is 0 Å². The number of fused-ring (bicyclic) bond motifs is 2. The maximum absolute atomic E-state index is 14.5. The summed E-state index contributed by atoms with van der Waals surface area (Å²) in [4.78, 5) is 17.1. The van der Waals surface area contributed by atoms with E-state index < -0.39 is 0 Å². The Morgan fingerprint density at radius 3 is 2.75 bits per heavy atom. The second kappa shape index (κ2) is 6.09. The summed E-state index contributed by atoms with van der Waals surface area (Å²) in [6, 6.07) is 2.98. The molecule has 2 atom stereocenters. The summed E-state index contributed by atoms with van der Waals surface area (Å²) in [7, 11) is 0. The van der Waals surface area contributed by atoms with Gasteiger partial charge in [-0.2, -0.15) is 0 Å². The Hall–Kier alpha value is -2.08. The summed E-state index contributed by atoms with van der Waals surface area (Å²) >= 11 is 0. The number of rotatable bonds is 4. The Bertz CT molecular complexity index is 738. The third-order valence-electron chi connectivity index (χ3n) is 5.32. The predicted molar refractivity (Wildman–Crippen MR) is 90.3 cm³/mol. The van der Waals surface area contributed by atoms with Crippen molar-refractivity contribution in [2.24, 2.45) is 0 Å². The topological polar surface area (TPSA) is 45.2 Å². The lowest BCUT2D eigenvalue weighted by molar-refractivity contribution is -0.00913. The highest BCUT2D eigenvalue weighted by Crippen LogP contribution is 2.36. The number of halogens is 1. The lowest BCUT2D eigenvalue weighted by Gasteiger charge is -2.56. The fraction of sp³-hybridized carbons (Fsp3) is 0.500. The first-order chi connectivity index (χ1) is 11.7. The normalized spacial score (nSPS) is 23.2. The number of aromatic nitrogens is 3. The van der Waals surface area contributed by atoms with E-state index in [0.717, 1.165) is 19.6 Å². The van der Waals surface area contributed by atoms with Crippen LogP contribution in [-0.2, 0) is 13.0 Å². The van der Waals surface area contributed by atoms with E-state index in [1.807, 2.05) is 19.3 Å². The van der Waals surface area contributed by atoms with Crippen LogP contribution in [0.4, 0.5) is 10.2 Å². The van der Waals surface area contributed by atoms with E-state index in [0.29, 0.717) is 30.0 Å². The largest absolute Gasteiger partial charge is 0.351 e. The first kappa shape index (κ1) is 15.4. The van der Waals surface area contributed by atoms with Gasteiger partial charge >= 0.3 is 0 Å². The molecule has 0 radical (unpaired) electrons. The third-order valence-corrected chi connectivity index (χ3v) is 5.32. The molecule has 2 aromatic heterocycles. The molecule has 3 fully saturated rings. The molecule has 3 aliphatic heterocycles. The fourth-order valence-corrected chi connectivity index (χ4v) is 3.84. The lowest BCUT2D eigenvalue weighted by atomic mass is 9.86. The van der Waals surface area contributed by atoms with Crippen LogP contribution in [0, 0.1) is 12.7 Å². The molecule has 126 valence electrons. The molecule has 0 aliphatic carbocycles. The van der Waals surface area contributed by atoms with Gasteiger partial charge in [0.25, 0.3) is 0 Å². The predicted octanol–water partition coefficient (Wildman–Crippen LogP) is 2.34. The molecule has 6 heteroatoms. The highest BCUT2D eigenvalue weighted by Gasteiger charge is 2.45. The van der Waals surface area contributed by atoms with E-state index in [-0.39, 0.29) is 5.82 Å². The average Bonchev–Trinajstić information content (AvgIpc) is 2.61. The molecular weight excluding hydrogens is 305 g/mol. The van der Waals surface area contributed by atoms with Gasteiger partial charge in [-0.25, -0.2) is 14.4 Å². The highest BCUT2D eigenvalue weighted by atomic mass is 19.1. The molecule has 2 aromatic rings. The van der Waals surface area contributed by atoms with Gasteiger partial charge in [0.1, 0.15) is 6.33 Å². The number of aryl methyl sites for hydroxylation is 2. The van der Waals surface area contributed by atoms with Gasteiger partial charge in [-0.15, -0.1) is 0 Å². The van der Waals surface area contributed by atoms with Gasteiger partial charge in [0, 0.05) is 44.1 Å². The Labute approximate surface area is 141 Å². The van der Waals surface area contributed by atoms with Gasteiger partial charge in [0.05, 0.1) is 5.69 Å². The van der Waals surface area contributed by atoms with Crippen LogP contribution in [0.2, 0.25) is 0 Å². The van der Waals surface area contributed by atoms with Gasteiger partial charge in [-0.1, -0.05) is 6.92 Å². The Balaban J connectivity index is 1.48. The number of nitrogens with zero attached hydrogens (tertiary/aromatic N) is 5.